The molecule has 54 valence electrons. The number of rotatable bonds is 3. The first kappa shape index (κ1) is 8.19. The van der Waals surface area contributed by atoms with E-state index >= 15 is 0 Å². The Hall–Kier alpha value is 0.0895. The number of hydrogen-bond donors (Lipinski definition) is 0. The fourth-order valence-electron chi connectivity index (χ4n) is 0.644. The molecule has 0 atom stereocenters. The Bertz CT molecular complexity index is 174. The molecule has 1 rings (SSSR count). The quantitative estimate of drug-likeness (QED) is 0.688. The SMILES string of the molecule is CSC[Se]c1ccccc1. The zero-order chi connectivity index (χ0) is 7.23. The third-order valence-electron chi connectivity index (χ3n) is 1.09. The summed E-state index contributed by atoms with van der Waals surface area (Å²) in [7, 11) is 0. The van der Waals surface area contributed by atoms with Crippen LogP contribution >= 0.6 is 11.8 Å². The summed E-state index contributed by atoms with van der Waals surface area (Å²) in [5.74, 6) is 0. The second-order valence-electron chi connectivity index (χ2n) is 1.86. The van der Waals surface area contributed by atoms with Crippen LogP contribution in [0.4, 0.5) is 0 Å². The van der Waals surface area contributed by atoms with Crippen molar-refractivity contribution in [1.29, 1.82) is 0 Å². The van der Waals surface area contributed by atoms with Gasteiger partial charge in [-0.2, -0.15) is 0 Å². The Balaban J connectivity index is 2.43. The van der Waals surface area contributed by atoms with E-state index in [1.54, 1.807) is 0 Å². The van der Waals surface area contributed by atoms with Gasteiger partial charge in [-0.25, -0.2) is 0 Å². The molecule has 0 aliphatic heterocycles. The zero-order valence-electron chi connectivity index (χ0n) is 5.91. The van der Waals surface area contributed by atoms with Gasteiger partial charge in [-0.05, 0) is 0 Å². The first-order valence-electron chi connectivity index (χ1n) is 3.10. The molecule has 0 radical (unpaired) electrons. The van der Waals surface area contributed by atoms with Crippen molar-refractivity contribution in [3.8, 4) is 0 Å². The summed E-state index contributed by atoms with van der Waals surface area (Å²) < 4.78 is 2.79. The van der Waals surface area contributed by atoms with Crippen LogP contribution in [0.1, 0.15) is 0 Å². The van der Waals surface area contributed by atoms with Gasteiger partial charge in [0.25, 0.3) is 0 Å². The van der Waals surface area contributed by atoms with E-state index in [2.05, 4.69) is 36.6 Å². The van der Waals surface area contributed by atoms with Gasteiger partial charge >= 0.3 is 72.4 Å². The third kappa shape index (κ3) is 2.78. The number of hydrogen-bond acceptors (Lipinski definition) is 1. The van der Waals surface area contributed by atoms with Crippen LogP contribution in [-0.2, 0) is 0 Å². The molecule has 0 bridgehead atoms. The molecule has 0 amide bonds. The standard InChI is InChI=1S/C8H10SSe/c1-9-7-10-8-5-3-2-4-6-8/h2-6H,7H2,1H3. The van der Waals surface area contributed by atoms with Gasteiger partial charge in [0.15, 0.2) is 0 Å². The van der Waals surface area contributed by atoms with Gasteiger partial charge in [0.2, 0.25) is 0 Å². The molecule has 0 saturated heterocycles. The minimum absolute atomic E-state index is 0.681. The Labute approximate surface area is 72.6 Å². The van der Waals surface area contributed by atoms with E-state index in [1.165, 1.54) is 9.11 Å². The molecule has 1 aromatic rings. The molecule has 0 N–H and O–H groups in total. The average Bonchev–Trinajstić information content (AvgIpc) is 2.03. The van der Waals surface area contributed by atoms with Gasteiger partial charge in [-0.3, -0.25) is 0 Å². The van der Waals surface area contributed by atoms with E-state index < -0.39 is 0 Å². The zero-order valence-corrected chi connectivity index (χ0v) is 8.44. The van der Waals surface area contributed by atoms with Crippen LogP contribution in [0.25, 0.3) is 0 Å². The van der Waals surface area contributed by atoms with Crippen molar-refractivity contribution < 1.29 is 0 Å². The summed E-state index contributed by atoms with van der Waals surface area (Å²) in [5.41, 5.74) is 0. The molecule has 0 aliphatic rings. The van der Waals surface area contributed by atoms with Crippen molar-refractivity contribution in [1.82, 2.24) is 0 Å². The van der Waals surface area contributed by atoms with Gasteiger partial charge in [0.1, 0.15) is 0 Å². The molecular formula is C8H10SSe. The topological polar surface area (TPSA) is 0 Å². The van der Waals surface area contributed by atoms with Crippen molar-refractivity contribution in [3.05, 3.63) is 30.3 Å². The predicted molar refractivity (Wildman–Crippen MR) is 50.2 cm³/mol. The van der Waals surface area contributed by atoms with Crippen molar-refractivity contribution in [2.75, 3.05) is 10.9 Å². The summed E-state index contributed by atoms with van der Waals surface area (Å²) in [6, 6.07) is 10.7. The van der Waals surface area contributed by atoms with Crippen LogP contribution in [0.15, 0.2) is 30.3 Å². The van der Waals surface area contributed by atoms with Gasteiger partial charge < -0.3 is 0 Å². The molecule has 0 fully saturated rings. The van der Waals surface area contributed by atoms with Crippen LogP contribution < -0.4 is 4.46 Å². The predicted octanol–water partition coefficient (Wildman–Crippen LogP) is 1.34. The normalized spacial score (nSPS) is 9.70. The second kappa shape index (κ2) is 4.84. The van der Waals surface area contributed by atoms with Crippen molar-refractivity contribution in [3.63, 3.8) is 0 Å². The van der Waals surface area contributed by atoms with Crippen LogP contribution in [0.2, 0.25) is 0 Å². The van der Waals surface area contributed by atoms with Gasteiger partial charge in [0, 0.05) is 0 Å². The monoisotopic (exact) mass is 218 g/mol. The first-order valence-corrected chi connectivity index (χ1v) is 6.56. The molecule has 0 unspecified atom stereocenters. The Morgan fingerprint density at radius 2 is 2.00 bits per heavy atom. The summed E-state index contributed by atoms with van der Waals surface area (Å²) in [6.45, 7) is 0. The van der Waals surface area contributed by atoms with E-state index in [9.17, 15) is 0 Å². The Morgan fingerprint density at radius 1 is 1.30 bits per heavy atom. The fourth-order valence-corrected chi connectivity index (χ4v) is 3.23. The minimum atomic E-state index is 0.681. The maximum atomic E-state index is 2.20. The summed E-state index contributed by atoms with van der Waals surface area (Å²) in [4.78, 5) is 0. The summed E-state index contributed by atoms with van der Waals surface area (Å²) in [5, 5.41) is 0. The molecule has 0 saturated carbocycles. The fraction of sp³-hybridized carbons (Fsp3) is 0.250. The van der Waals surface area contributed by atoms with Crippen LogP contribution in [0.5, 0.6) is 0 Å². The van der Waals surface area contributed by atoms with E-state index in [0.717, 1.165) is 0 Å². The van der Waals surface area contributed by atoms with Crippen molar-refractivity contribution >= 4 is 31.2 Å². The first-order chi connectivity index (χ1) is 4.93. The molecule has 0 aliphatic carbocycles. The molecule has 10 heavy (non-hydrogen) atoms. The molecule has 0 aromatic heterocycles. The third-order valence-corrected chi connectivity index (χ3v) is 4.94. The number of benzene rings is 1. The van der Waals surface area contributed by atoms with Gasteiger partial charge in [0.05, 0.1) is 0 Å². The summed E-state index contributed by atoms with van der Waals surface area (Å²) >= 11 is 2.61. The van der Waals surface area contributed by atoms with Gasteiger partial charge in [-0.1, -0.05) is 0 Å². The molecule has 2 heteroatoms. The molecule has 0 heterocycles. The van der Waals surface area contributed by atoms with E-state index in [-0.39, 0.29) is 0 Å². The van der Waals surface area contributed by atoms with Crippen molar-refractivity contribution in [2.45, 2.75) is 0 Å². The van der Waals surface area contributed by atoms with E-state index in [4.69, 9.17) is 0 Å². The van der Waals surface area contributed by atoms with Crippen molar-refractivity contribution in [2.24, 2.45) is 0 Å². The molecule has 0 spiro atoms. The average molecular weight is 217 g/mol. The Morgan fingerprint density at radius 3 is 2.60 bits per heavy atom. The van der Waals surface area contributed by atoms with E-state index in [1.807, 2.05) is 11.8 Å². The second-order valence-corrected chi connectivity index (χ2v) is 5.76. The number of thioether (sulfide) groups is 1. The van der Waals surface area contributed by atoms with E-state index in [0.29, 0.717) is 15.0 Å². The molecule has 0 nitrogen and oxygen atoms in total. The van der Waals surface area contributed by atoms with Crippen LogP contribution in [0.3, 0.4) is 0 Å². The molecular weight excluding hydrogens is 207 g/mol. The Kier molecular flexibility index (Phi) is 3.96. The van der Waals surface area contributed by atoms with Gasteiger partial charge in [-0.15, -0.1) is 0 Å². The van der Waals surface area contributed by atoms with Crippen LogP contribution in [0, 0.1) is 0 Å². The molecule has 1 aromatic carbocycles. The van der Waals surface area contributed by atoms with Crippen LogP contribution in [-0.4, -0.2) is 25.9 Å². The summed E-state index contributed by atoms with van der Waals surface area (Å²) in [6.07, 6.45) is 2.16. The maximum absolute atomic E-state index is 2.20.